The summed E-state index contributed by atoms with van der Waals surface area (Å²) in [5, 5.41) is 11.3. The lowest BCUT2D eigenvalue weighted by Crippen LogP contribution is -2.18. The molecule has 4 nitrogen and oxygen atoms in total. The molecule has 0 bridgehead atoms. The zero-order chi connectivity index (χ0) is 10.6. The smallest absolute Gasteiger partial charge is 0.169 e. The third-order valence-corrected chi connectivity index (χ3v) is 2.54. The van der Waals surface area contributed by atoms with Crippen molar-refractivity contribution in [1.29, 1.82) is 0 Å². The number of hydrogen-bond acceptors (Lipinski definition) is 4. The number of aromatic nitrogens is 2. The molecule has 0 aliphatic rings. The van der Waals surface area contributed by atoms with Crippen LogP contribution >= 0.6 is 11.6 Å². The molecular formula is C9H15ClN4. The summed E-state index contributed by atoms with van der Waals surface area (Å²) in [6.45, 7) is 4.21. The van der Waals surface area contributed by atoms with Gasteiger partial charge in [-0.2, -0.15) is 5.10 Å². The number of nitrogens with one attached hydrogen (secondary N) is 1. The van der Waals surface area contributed by atoms with Gasteiger partial charge in [0, 0.05) is 6.04 Å². The quantitative estimate of drug-likeness (QED) is 0.808. The molecule has 0 aliphatic carbocycles. The van der Waals surface area contributed by atoms with Crippen molar-refractivity contribution in [2.75, 3.05) is 11.1 Å². The Morgan fingerprint density at radius 2 is 2.14 bits per heavy atom. The third-order valence-electron chi connectivity index (χ3n) is 2.14. The minimum Gasteiger partial charge on any atom is -0.396 e. The van der Waals surface area contributed by atoms with Crippen molar-refractivity contribution in [3.05, 3.63) is 11.2 Å². The number of hydrogen-bond donors (Lipinski definition) is 2. The minimum absolute atomic E-state index is 0.364. The summed E-state index contributed by atoms with van der Waals surface area (Å²) in [7, 11) is 0. The molecule has 0 atom stereocenters. The van der Waals surface area contributed by atoms with Crippen molar-refractivity contribution in [2.24, 2.45) is 0 Å². The van der Waals surface area contributed by atoms with Crippen LogP contribution in [0.5, 0.6) is 0 Å². The Morgan fingerprint density at radius 3 is 2.71 bits per heavy atom. The van der Waals surface area contributed by atoms with Gasteiger partial charge in [-0.15, -0.1) is 5.10 Å². The lowest BCUT2D eigenvalue weighted by molar-refractivity contribution is 0.666. The summed E-state index contributed by atoms with van der Waals surface area (Å²) < 4.78 is 0. The summed E-state index contributed by atoms with van der Waals surface area (Å²) >= 11 is 5.96. The van der Waals surface area contributed by atoms with E-state index in [0.29, 0.717) is 22.6 Å². The molecule has 1 heterocycles. The van der Waals surface area contributed by atoms with Crippen LogP contribution in [0.3, 0.4) is 0 Å². The summed E-state index contributed by atoms with van der Waals surface area (Å²) in [6, 6.07) is 0.364. The maximum Gasteiger partial charge on any atom is 0.169 e. The topological polar surface area (TPSA) is 63.8 Å². The predicted molar refractivity (Wildman–Crippen MR) is 59.4 cm³/mol. The number of nitrogen functional groups attached to an aromatic ring is 1. The molecule has 0 radical (unpaired) electrons. The van der Waals surface area contributed by atoms with E-state index in [1.54, 1.807) is 0 Å². The highest BCUT2D eigenvalue weighted by molar-refractivity contribution is 6.35. The zero-order valence-electron chi connectivity index (χ0n) is 8.42. The Labute approximate surface area is 88.9 Å². The van der Waals surface area contributed by atoms with Gasteiger partial charge in [0.1, 0.15) is 5.02 Å². The van der Waals surface area contributed by atoms with Crippen molar-refractivity contribution in [2.45, 2.75) is 32.7 Å². The molecule has 5 heteroatoms. The van der Waals surface area contributed by atoms with E-state index in [-0.39, 0.29) is 0 Å². The molecular weight excluding hydrogens is 200 g/mol. The van der Waals surface area contributed by atoms with Crippen LogP contribution in [-0.4, -0.2) is 16.2 Å². The third kappa shape index (κ3) is 2.48. The Bertz CT molecular complexity index is 299. The average Bonchev–Trinajstić information content (AvgIpc) is 2.20. The van der Waals surface area contributed by atoms with Gasteiger partial charge in [-0.3, -0.25) is 0 Å². The van der Waals surface area contributed by atoms with Gasteiger partial charge in [-0.1, -0.05) is 25.4 Å². The fraction of sp³-hybridized carbons (Fsp3) is 0.556. The fourth-order valence-corrected chi connectivity index (χ4v) is 1.31. The lowest BCUT2D eigenvalue weighted by atomic mass is 10.2. The van der Waals surface area contributed by atoms with Crippen molar-refractivity contribution in [3.63, 3.8) is 0 Å². The Kier molecular flexibility index (Phi) is 3.95. The molecule has 1 rings (SSSR count). The highest BCUT2D eigenvalue weighted by Gasteiger charge is 2.09. The van der Waals surface area contributed by atoms with Crippen LogP contribution < -0.4 is 11.1 Å². The van der Waals surface area contributed by atoms with E-state index >= 15 is 0 Å². The Morgan fingerprint density at radius 1 is 1.50 bits per heavy atom. The zero-order valence-corrected chi connectivity index (χ0v) is 9.17. The van der Waals surface area contributed by atoms with Crippen LogP contribution in [-0.2, 0) is 0 Å². The minimum atomic E-state index is 0.364. The molecule has 14 heavy (non-hydrogen) atoms. The molecule has 0 aliphatic heterocycles. The van der Waals surface area contributed by atoms with Gasteiger partial charge in [0.25, 0.3) is 0 Å². The Balaban J connectivity index is 2.80. The van der Waals surface area contributed by atoms with E-state index in [0.717, 1.165) is 12.8 Å². The van der Waals surface area contributed by atoms with Gasteiger partial charge in [0.05, 0.1) is 11.9 Å². The summed E-state index contributed by atoms with van der Waals surface area (Å²) in [5.41, 5.74) is 6.06. The second-order valence-electron chi connectivity index (χ2n) is 3.12. The number of halogens is 1. The maximum absolute atomic E-state index is 5.96. The van der Waals surface area contributed by atoms with Crippen LogP contribution in [0.15, 0.2) is 6.20 Å². The highest BCUT2D eigenvalue weighted by atomic mass is 35.5. The second kappa shape index (κ2) is 5.00. The van der Waals surface area contributed by atoms with Crippen molar-refractivity contribution in [3.8, 4) is 0 Å². The average molecular weight is 215 g/mol. The van der Waals surface area contributed by atoms with Gasteiger partial charge in [0.2, 0.25) is 0 Å². The largest absolute Gasteiger partial charge is 0.396 e. The molecule has 0 saturated heterocycles. The van der Waals surface area contributed by atoms with Gasteiger partial charge in [-0.05, 0) is 12.8 Å². The molecule has 0 unspecified atom stereocenters. The summed E-state index contributed by atoms with van der Waals surface area (Å²) in [5.74, 6) is 0.570. The van der Waals surface area contributed by atoms with E-state index in [1.807, 2.05) is 0 Å². The summed E-state index contributed by atoms with van der Waals surface area (Å²) in [4.78, 5) is 0. The SMILES string of the molecule is CCC(CC)Nc1nncc(N)c1Cl. The lowest BCUT2D eigenvalue weighted by Gasteiger charge is -2.15. The number of rotatable bonds is 4. The van der Waals surface area contributed by atoms with E-state index < -0.39 is 0 Å². The van der Waals surface area contributed by atoms with Crippen LogP contribution in [0.25, 0.3) is 0 Å². The first-order valence-electron chi connectivity index (χ1n) is 4.72. The normalized spacial score (nSPS) is 10.6. The van der Waals surface area contributed by atoms with Crippen LogP contribution in [0.4, 0.5) is 11.5 Å². The number of anilines is 2. The molecule has 1 aromatic heterocycles. The van der Waals surface area contributed by atoms with Gasteiger partial charge in [0.15, 0.2) is 5.82 Å². The van der Waals surface area contributed by atoms with Crippen molar-refractivity contribution < 1.29 is 0 Å². The van der Waals surface area contributed by atoms with E-state index in [4.69, 9.17) is 17.3 Å². The van der Waals surface area contributed by atoms with Gasteiger partial charge >= 0.3 is 0 Å². The fourth-order valence-electron chi connectivity index (χ4n) is 1.16. The second-order valence-corrected chi connectivity index (χ2v) is 3.50. The molecule has 0 fully saturated rings. The monoisotopic (exact) mass is 214 g/mol. The molecule has 0 saturated carbocycles. The van der Waals surface area contributed by atoms with Crippen LogP contribution in [0, 0.1) is 0 Å². The maximum atomic E-state index is 5.96. The number of nitrogens with two attached hydrogens (primary N) is 1. The molecule has 1 aromatic rings. The Hall–Kier alpha value is -1.03. The van der Waals surface area contributed by atoms with Gasteiger partial charge < -0.3 is 11.1 Å². The summed E-state index contributed by atoms with van der Waals surface area (Å²) in [6.07, 6.45) is 3.48. The molecule has 0 aromatic carbocycles. The van der Waals surface area contributed by atoms with Crippen LogP contribution in [0.2, 0.25) is 5.02 Å². The van der Waals surface area contributed by atoms with E-state index in [2.05, 4.69) is 29.4 Å². The van der Waals surface area contributed by atoms with Gasteiger partial charge in [-0.25, -0.2) is 0 Å². The predicted octanol–water partition coefficient (Wildman–Crippen LogP) is 2.31. The van der Waals surface area contributed by atoms with Crippen LogP contribution in [0.1, 0.15) is 26.7 Å². The molecule has 0 spiro atoms. The standard InChI is InChI=1S/C9H15ClN4/c1-3-6(4-2)13-9-8(10)7(11)5-12-14-9/h5-6H,3-4H2,1-2H3,(H3,11,13,14). The van der Waals surface area contributed by atoms with Crippen molar-refractivity contribution in [1.82, 2.24) is 10.2 Å². The first-order chi connectivity index (χ1) is 6.69. The van der Waals surface area contributed by atoms with Crippen molar-refractivity contribution >= 4 is 23.1 Å². The van der Waals surface area contributed by atoms with E-state index in [9.17, 15) is 0 Å². The first kappa shape index (κ1) is 11.0. The molecule has 3 N–H and O–H groups in total. The number of nitrogens with zero attached hydrogens (tertiary/aromatic N) is 2. The molecule has 0 amide bonds. The highest BCUT2D eigenvalue weighted by Crippen LogP contribution is 2.25. The molecule has 78 valence electrons. The van der Waals surface area contributed by atoms with E-state index in [1.165, 1.54) is 6.20 Å². The first-order valence-corrected chi connectivity index (χ1v) is 5.10.